The van der Waals surface area contributed by atoms with E-state index in [9.17, 15) is 0 Å². The molecular weight excluding hydrogens is 1680 g/mol. The Hall–Kier alpha value is -0.640. The van der Waals surface area contributed by atoms with Crippen LogP contribution in [0.5, 0.6) is 0 Å². The minimum absolute atomic E-state index is 0.298. The lowest BCUT2D eigenvalue weighted by Gasteiger charge is -2.39. The molecule has 40 atom stereocenters. The van der Waals surface area contributed by atoms with Gasteiger partial charge in [-0.05, 0) is 381 Å². The van der Waals surface area contributed by atoms with Crippen molar-refractivity contribution in [2.75, 3.05) is 93.0 Å². The van der Waals surface area contributed by atoms with E-state index in [1.807, 2.05) is 14.2 Å². The Morgan fingerprint density at radius 2 is 0.382 bits per heavy atom. The quantitative estimate of drug-likeness (QED) is 0.0610. The molecule has 0 aromatic carbocycles. The molecule has 4 aliphatic heterocycles. The maximum atomic E-state index is 6.90. The number of nitrogens with one attached hydrogen (secondary N) is 8. The fraction of sp³-hybridized carbons (Fsp3) is 1.00. The molecule has 4 saturated heterocycles. The molecule has 0 aromatic rings. The number of fused-ring (bicyclic) bond motifs is 24. The molecule has 0 radical (unpaired) electrons. The fourth-order valence-corrected chi connectivity index (χ4v) is 37.6. The number of hydrogen-bond acceptors (Lipinski definition) is 16. The van der Waals surface area contributed by atoms with E-state index in [-0.39, 0.29) is 0 Å². The van der Waals surface area contributed by atoms with Gasteiger partial charge in [-0.3, -0.25) is 0 Å². The fourth-order valence-electron chi connectivity index (χ4n) is 37.6. The molecule has 0 spiro atoms. The monoisotopic (exact) mass is 1900 g/mol. The summed E-state index contributed by atoms with van der Waals surface area (Å²) in [6.07, 6.45) is 80.1. The Morgan fingerprint density at radius 3 is 0.574 bits per heavy atom. The first kappa shape index (κ1) is 107. The van der Waals surface area contributed by atoms with Crippen LogP contribution in [0.4, 0.5) is 0 Å². The van der Waals surface area contributed by atoms with Crippen LogP contribution < -0.4 is 42.5 Å². The first-order valence-corrected chi connectivity index (χ1v) is 61.6. The topological polar surface area (TPSA) is 170 Å². The Morgan fingerprint density at radius 1 is 0.206 bits per heavy atom. The summed E-state index contributed by atoms with van der Waals surface area (Å²) in [6, 6.07) is 5.21. The lowest BCUT2D eigenvalue weighted by atomic mass is 9.73. The van der Waals surface area contributed by atoms with Crippen LogP contribution in [0.15, 0.2) is 0 Å². The number of methoxy groups -OCH3 is 2. The van der Waals surface area contributed by atoms with Crippen molar-refractivity contribution in [2.24, 2.45) is 142 Å². The van der Waals surface area contributed by atoms with Gasteiger partial charge in [0.15, 0.2) is 0 Å². The van der Waals surface area contributed by atoms with Crippen LogP contribution in [0.3, 0.4) is 0 Å². The van der Waals surface area contributed by atoms with Gasteiger partial charge in [-0.25, -0.2) is 0 Å². The lowest BCUT2D eigenvalue weighted by molar-refractivity contribution is -0.0819. The predicted octanol–water partition coefficient (Wildman–Crippen LogP) is 23.8. The van der Waals surface area contributed by atoms with Crippen LogP contribution in [0.25, 0.3) is 0 Å². The third-order valence-electron chi connectivity index (χ3n) is 42.8. The zero-order chi connectivity index (χ0) is 93.6. The molecule has 20 aliphatic rings. The third-order valence-corrected chi connectivity index (χ3v) is 42.8. The molecule has 16 heteroatoms. The largest absolute Gasteiger partial charge is 0.381 e. The van der Waals surface area contributed by atoms with Crippen molar-refractivity contribution in [2.45, 2.75) is 524 Å². The van der Waals surface area contributed by atoms with Crippen molar-refractivity contribution >= 4 is 0 Å². The maximum absolute atomic E-state index is 6.90. The second kappa shape index (κ2) is 54.5. The zero-order valence-corrected chi connectivity index (χ0v) is 89.6. The standard InChI is InChI=1S/C33H60N2O2.C31H56N2O2.C29H52N2O2.C27H48N2O2/c1-3-5-20-36-30-16-17-31(37-21-6-4-2)33-27-15-10-8-13-25(27)23-29(33)35-19-11-18-34-28-22-24-12-7-9-14-26(24)32(28)30;1-20(2)34-28-14-15-29(35-21(3)4)31-25-13-8-6-11-23(25)19-27(31)33-17-9-16-32-26-18-22-10-5-7-12-24(22)30(26)28;1-3-32-26-14-15-27(33-4-2)29-23-13-8-6-11-21(23)19-25(29)31-17-9-16-30-24-18-20-10-5-7-12-22(20)28(24)26;1-30-24-12-13-25(31-2)27-21-11-6-4-9-19(21)17-23(27)29-15-7-14-28-22-16-18-8-3-5-10-20(18)26(22)24/h24-35H,3-23H2,1-2H3;20-33H,5-19H2,1-4H3;20-31H,3-19H2,1-2H3;18-29H,3-17H2,1-2H3/t24-,25-,26+,27?,28+,29?,30?,31?,32-,33-;22-,23-,24+,25+,26+,27?,28?,29?,30-,31-;20-,21-,22+,23+,24+,25?,26?,27?,28-,29-;18-,19-,20+,21+,22+,23?,24?,25?,26-,27-/m1111/s1. The molecule has 784 valence electrons. The Kier molecular flexibility index (Phi) is 42.8. The van der Waals surface area contributed by atoms with Gasteiger partial charge >= 0.3 is 0 Å². The van der Waals surface area contributed by atoms with Crippen LogP contribution in [0.2, 0.25) is 0 Å². The summed E-state index contributed by atoms with van der Waals surface area (Å²) in [4.78, 5) is 0. The SMILES string of the molecule is CC(C)OC1CCC(OC(C)C)[C@@H]2[C@H]3CCCC[C@@H]3C[C@@H]2NCCCNC2C[C@H]3CCCC[C@@H]3[C@H]21.CCCCOC1CCC(OCCCC)[C@@H]2[C@H]3CCCC[C@@H]3C[C@@H]2NCCCNC2C[C@H]3CCCCC3[C@H]21.CCOC1CCC(OCC)[C@@H]2[C@H]3CCCC[C@@H]3C[C@@H]2NCCCNC2C[C@H]3CCCC[C@@H]3[C@H]21.COC1CCC(OC)[C@@H]2[C@H]3CCCC[C@@H]3C[C@@H]2NCCCNC2C[C@H]3CCCC[C@@H]3[C@H]21. The van der Waals surface area contributed by atoms with Gasteiger partial charge in [0.1, 0.15) is 0 Å². The van der Waals surface area contributed by atoms with Crippen LogP contribution in [-0.4, -0.2) is 202 Å². The van der Waals surface area contributed by atoms with Crippen molar-refractivity contribution in [1.29, 1.82) is 0 Å². The van der Waals surface area contributed by atoms with Gasteiger partial charge in [-0.2, -0.15) is 0 Å². The molecule has 20 rings (SSSR count). The van der Waals surface area contributed by atoms with Gasteiger partial charge in [0.05, 0.1) is 61.0 Å². The Bertz CT molecular complexity index is 3120. The molecule has 20 fully saturated rings. The van der Waals surface area contributed by atoms with E-state index in [1.165, 1.54) is 360 Å². The highest BCUT2D eigenvalue weighted by atomic mass is 16.5. The molecule has 8 N–H and O–H groups in total. The highest BCUT2D eigenvalue weighted by molar-refractivity contribution is 5.10. The predicted molar refractivity (Wildman–Crippen MR) is 560 cm³/mol. The van der Waals surface area contributed by atoms with Gasteiger partial charge < -0.3 is 80.4 Å². The molecule has 16 aliphatic carbocycles. The zero-order valence-electron chi connectivity index (χ0n) is 89.6. The highest BCUT2D eigenvalue weighted by Gasteiger charge is 2.58. The summed E-state index contributed by atoms with van der Waals surface area (Å²) in [7, 11) is 3.96. The summed E-state index contributed by atoms with van der Waals surface area (Å²) in [5.74, 6) is 20.0. The highest BCUT2D eigenvalue weighted by Crippen LogP contribution is 2.59. The van der Waals surface area contributed by atoms with E-state index in [1.54, 1.807) is 0 Å². The van der Waals surface area contributed by atoms with Crippen LogP contribution in [0.1, 0.15) is 415 Å². The summed E-state index contributed by atoms with van der Waals surface area (Å²) < 4.78 is 53.3. The molecule has 16 saturated carbocycles. The van der Waals surface area contributed by atoms with Gasteiger partial charge in [-0.1, -0.05) is 181 Å². The maximum Gasteiger partial charge on any atom is 0.0625 e. The van der Waals surface area contributed by atoms with Crippen molar-refractivity contribution in [3.05, 3.63) is 0 Å². The Labute approximate surface area is 834 Å². The summed E-state index contributed by atoms with van der Waals surface area (Å²) in [6.45, 7) is 30.9. The summed E-state index contributed by atoms with van der Waals surface area (Å²) in [5, 5.41) is 32.5. The molecule has 4 heterocycles. The second-order valence-corrected chi connectivity index (χ2v) is 50.9. The number of hydrogen-bond donors (Lipinski definition) is 8. The number of unbranched alkanes of at least 4 members (excludes halogenated alkanes) is 2. The van der Waals surface area contributed by atoms with E-state index in [0.717, 1.165) is 173 Å². The van der Waals surface area contributed by atoms with E-state index in [4.69, 9.17) is 37.9 Å². The minimum atomic E-state index is 0.298. The normalized spacial score (nSPS) is 45.8. The molecule has 0 aromatic heterocycles. The molecule has 0 bridgehead atoms. The van der Waals surface area contributed by atoms with E-state index in [2.05, 4.69) is 97.9 Å². The van der Waals surface area contributed by atoms with Crippen molar-refractivity contribution in [3.63, 3.8) is 0 Å². The van der Waals surface area contributed by atoms with Crippen LogP contribution >= 0.6 is 0 Å². The van der Waals surface area contributed by atoms with Gasteiger partial charge in [0, 0.05) is 136 Å². The lowest BCUT2D eigenvalue weighted by Crippen LogP contribution is -2.44. The second-order valence-electron chi connectivity index (χ2n) is 50.9. The van der Waals surface area contributed by atoms with Crippen molar-refractivity contribution < 1.29 is 37.9 Å². The smallest absolute Gasteiger partial charge is 0.0625 e. The van der Waals surface area contributed by atoms with Crippen LogP contribution in [-0.2, 0) is 37.9 Å². The van der Waals surface area contributed by atoms with E-state index in [0.29, 0.717) is 157 Å². The molecule has 16 nitrogen and oxygen atoms in total. The van der Waals surface area contributed by atoms with Crippen LogP contribution in [0, 0.1) is 142 Å². The van der Waals surface area contributed by atoms with Crippen molar-refractivity contribution in [1.82, 2.24) is 42.5 Å². The van der Waals surface area contributed by atoms with Crippen molar-refractivity contribution in [3.8, 4) is 0 Å². The number of rotatable bonds is 18. The molecule has 13 unspecified atom stereocenters. The first-order chi connectivity index (χ1) is 66.9. The minimum Gasteiger partial charge on any atom is -0.381 e. The van der Waals surface area contributed by atoms with Gasteiger partial charge in [0.2, 0.25) is 0 Å². The third kappa shape index (κ3) is 26.8. The van der Waals surface area contributed by atoms with E-state index >= 15 is 0 Å². The molecule has 0 amide bonds. The molecule has 136 heavy (non-hydrogen) atoms. The first-order valence-electron chi connectivity index (χ1n) is 61.6. The molecular formula is C120H216N8O8. The average molecular weight is 1900 g/mol. The summed E-state index contributed by atoms with van der Waals surface area (Å²) >= 11 is 0. The number of ether oxygens (including phenoxy) is 8. The Balaban J connectivity index is 0.000000126. The van der Waals surface area contributed by atoms with Gasteiger partial charge in [-0.15, -0.1) is 0 Å². The van der Waals surface area contributed by atoms with Gasteiger partial charge in [0.25, 0.3) is 0 Å². The van der Waals surface area contributed by atoms with E-state index < -0.39 is 0 Å². The summed E-state index contributed by atoms with van der Waals surface area (Å²) in [5.41, 5.74) is 0. The average Bonchev–Trinajstić information content (AvgIpc) is 1.67.